The Labute approximate surface area is 129 Å². The molecule has 1 aromatic carbocycles. The van der Waals surface area contributed by atoms with Crippen LogP contribution in [0.2, 0.25) is 0 Å². The number of ether oxygens (including phenoxy) is 1. The van der Waals surface area contributed by atoms with Gasteiger partial charge in [0, 0.05) is 18.2 Å². The summed E-state index contributed by atoms with van der Waals surface area (Å²) >= 11 is 0. The maximum absolute atomic E-state index is 12.2. The van der Waals surface area contributed by atoms with Gasteiger partial charge in [-0.15, -0.1) is 0 Å². The Hall–Kier alpha value is -2.81. The minimum absolute atomic E-state index is 0.172. The van der Waals surface area contributed by atoms with E-state index < -0.39 is 12.1 Å². The van der Waals surface area contributed by atoms with Gasteiger partial charge in [0.25, 0.3) is 0 Å². The quantitative estimate of drug-likeness (QED) is 0.930. The molecule has 0 fully saturated rings. The van der Waals surface area contributed by atoms with Crippen LogP contribution in [0.15, 0.2) is 24.3 Å². The van der Waals surface area contributed by atoms with Gasteiger partial charge in [0.15, 0.2) is 0 Å². The molecule has 0 spiro atoms. The van der Waals surface area contributed by atoms with Crippen LogP contribution in [0.4, 0.5) is 16.2 Å². The molecule has 2 amide bonds. The number of anilines is 2. The third kappa shape index (κ3) is 3.26. The standard InChI is InChI=1S/C16H17N3O3/c1-3-8-22-16(21)19-14(10-17)6-4-12-9-13(18-11(2)20)5-7-15(12)19/h4-7,9,14H,3,8H2,1-2H3,(H,18,20). The van der Waals surface area contributed by atoms with E-state index in [4.69, 9.17) is 4.74 Å². The molecule has 0 aliphatic carbocycles. The number of hydrogen-bond donors (Lipinski definition) is 1. The highest BCUT2D eigenvalue weighted by atomic mass is 16.6. The van der Waals surface area contributed by atoms with Crippen molar-refractivity contribution in [3.8, 4) is 6.07 Å². The lowest BCUT2D eigenvalue weighted by Crippen LogP contribution is -2.41. The highest BCUT2D eigenvalue weighted by Gasteiger charge is 2.29. The third-order valence-corrected chi connectivity index (χ3v) is 3.10. The maximum atomic E-state index is 12.2. The molecule has 0 aromatic heterocycles. The van der Waals surface area contributed by atoms with Crippen molar-refractivity contribution < 1.29 is 14.3 Å². The minimum Gasteiger partial charge on any atom is -0.449 e. The Balaban J connectivity index is 2.35. The summed E-state index contributed by atoms with van der Waals surface area (Å²) in [4.78, 5) is 24.6. The van der Waals surface area contributed by atoms with Crippen LogP contribution in [0, 0.1) is 11.3 Å². The van der Waals surface area contributed by atoms with Crippen LogP contribution in [0.5, 0.6) is 0 Å². The second-order valence-electron chi connectivity index (χ2n) is 4.87. The summed E-state index contributed by atoms with van der Waals surface area (Å²) in [6.45, 7) is 3.63. The molecule has 22 heavy (non-hydrogen) atoms. The zero-order chi connectivity index (χ0) is 16.1. The lowest BCUT2D eigenvalue weighted by Gasteiger charge is -2.29. The summed E-state index contributed by atoms with van der Waals surface area (Å²) < 4.78 is 5.15. The first-order chi connectivity index (χ1) is 10.6. The number of nitrogens with zero attached hydrogens (tertiary/aromatic N) is 2. The smallest absolute Gasteiger partial charge is 0.415 e. The molecule has 1 aromatic rings. The molecular formula is C16H17N3O3. The molecule has 1 aliphatic rings. The lowest BCUT2D eigenvalue weighted by molar-refractivity contribution is -0.114. The molecule has 1 aliphatic heterocycles. The fraction of sp³-hybridized carbons (Fsp3) is 0.312. The molecule has 1 atom stereocenters. The number of rotatable bonds is 3. The second-order valence-corrected chi connectivity index (χ2v) is 4.87. The van der Waals surface area contributed by atoms with Gasteiger partial charge in [-0.2, -0.15) is 5.26 Å². The molecule has 114 valence electrons. The Morgan fingerprint density at radius 1 is 1.45 bits per heavy atom. The summed E-state index contributed by atoms with van der Waals surface area (Å²) in [7, 11) is 0. The van der Waals surface area contributed by atoms with Crippen LogP contribution in [-0.4, -0.2) is 24.6 Å². The largest absolute Gasteiger partial charge is 0.449 e. The first kappa shape index (κ1) is 15.6. The average molecular weight is 299 g/mol. The summed E-state index contributed by atoms with van der Waals surface area (Å²) in [5.74, 6) is -0.172. The fourth-order valence-corrected chi connectivity index (χ4v) is 2.19. The SMILES string of the molecule is CCCOC(=O)N1c2ccc(NC(C)=O)cc2C=CC1C#N. The van der Waals surface area contributed by atoms with Gasteiger partial charge in [0.1, 0.15) is 6.04 Å². The van der Waals surface area contributed by atoms with Crippen LogP contribution in [0.3, 0.4) is 0 Å². The van der Waals surface area contributed by atoms with Gasteiger partial charge in [-0.1, -0.05) is 13.0 Å². The van der Waals surface area contributed by atoms with Crippen molar-refractivity contribution in [2.45, 2.75) is 26.3 Å². The molecule has 2 rings (SSSR count). The molecule has 0 saturated heterocycles. The summed E-state index contributed by atoms with van der Waals surface area (Å²) in [5, 5.41) is 11.9. The van der Waals surface area contributed by atoms with Gasteiger partial charge in [-0.05, 0) is 30.7 Å². The van der Waals surface area contributed by atoms with Crippen molar-refractivity contribution in [3.63, 3.8) is 0 Å². The zero-order valence-corrected chi connectivity index (χ0v) is 12.5. The second kappa shape index (κ2) is 6.76. The monoisotopic (exact) mass is 299 g/mol. The topological polar surface area (TPSA) is 82.4 Å². The molecule has 6 nitrogen and oxygen atoms in total. The summed E-state index contributed by atoms with van der Waals surface area (Å²) in [6, 6.07) is 6.50. The number of nitrogens with one attached hydrogen (secondary N) is 1. The summed E-state index contributed by atoms with van der Waals surface area (Å²) in [6.07, 6.45) is 3.55. The van der Waals surface area contributed by atoms with Crippen molar-refractivity contribution in [1.29, 1.82) is 5.26 Å². The highest BCUT2D eigenvalue weighted by molar-refractivity contribution is 5.96. The fourth-order valence-electron chi connectivity index (χ4n) is 2.19. The van der Waals surface area contributed by atoms with Gasteiger partial charge in [-0.3, -0.25) is 9.69 Å². The number of fused-ring (bicyclic) bond motifs is 1. The van der Waals surface area contributed by atoms with E-state index in [1.165, 1.54) is 11.8 Å². The Morgan fingerprint density at radius 2 is 2.23 bits per heavy atom. The molecule has 1 unspecified atom stereocenters. The van der Waals surface area contributed by atoms with E-state index in [-0.39, 0.29) is 5.91 Å². The molecule has 0 saturated carbocycles. The highest BCUT2D eigenvalue weighted by Crippen LogP contribution is 2.31. The number of benzene rings is 1. The van der Waals surface area contributed by atoms with Crippen molar-refractivity contribution in [2.75, 3.05) is 16.8 Å². The average Bonchev–Trinajstić information content (AvgIpc) is 2.50. The number of carbonyl (C=O) groups is 2. The maximum Gasteiger partial charge on any atom is 0.415 e. The number of carbonyl (C=O) groups excluding carboxylic acids is 2. The predicted molar refractivity (Wildman–Crippen MR) is 83.3 cm³/mol. The van der Waals surface area contributed by atoms with Crippen LogP contribution < -0.4 is 10.2 Å². The van der Waals surface area contributed by atoms with E-state index >= 15 is 0 Å². The minimum atomic E-state index is -0.705. The van der Waals surface area contributed by atoms with Crippen molar-refractivity contribution in [1.82, 2.24) is 0 Å². The van der Waals surface area contributed by atoms with Crippen LogP contribution in [-0.2, 0) is 9.53 Å². The molecule has 0 radical (unpaired) electrons. The third-order valence-electron chi connectivity index (χ3n) is 3.10. The van der Waals surface area contributed by atoms with Gasteiger partial charge >= 0.3 is 6.09 Å². The number of hydrogen-bond acceptors (Lipinski definition) is 4. The molecule has 1 N–H and O–H groups in total. The Kier molecular flexibility index (Phi) is 4.79. The Morgan fingerprint density at radius 3 is 2.86 bits per heavy atom. The van der Waals surface area contributed by atoms with Crippen molar-refractivity contribution >= 4 is 29.5 Å². The van der Waals surface area contributed by atoms with Gasteiger partial charge in [-0.25, -0.2) is 4.79 Å². The van der Waals surface area contributed by atoms with E-state index in [0.717, 1.165) is 5.56 Å². The first-order valence-electron chi connectivity index (χ1n) is 7.02. The molecular weight excluding hydrogens is 282 g/mol. The van der Waals surface area contributed by atoms with E-state index in [0.29, 0.717) is 24.4 Å². The van der Waals surface area contributed by atoms with Gasteiger partial charge < -0.3 is 10.1 Å². The first-order valence-corrected chi connectivity index (χ1v) is 7.02. The zero-order valence-electron chi connectivity index (χ0n) is 12.5. The van der Waals surface area contributed by atoms with Gasteiger partial charge in [0.05, 0.1) is 18.4 Å². The lowest BCUT2D eigenvalue weighted by atomic mass is 10.0. The van der Waals surface area contributed by atoms with Crippen LogP contribution in [0.1, 0.15) is 25.8 Å². The normalized spacial score (nSPS) is 15.7. The number of nitriles is 1. The molecule has 6 heteroatoms. The van der Waals surface area contributed by atoms with Crippen LogP contribution in [0.25, 0.3) is 6.08 Å². The Bertz CT molecular complexity index is 661. The van der Waals surface area contributed by atoms with E-state index in [2.05, 4.69) is 11.4 Å². The van der Waals surface area contributed by atoms with E-state index in [9.17, 15) is 14.9 Å². The van der Waals surface area contributed by atoms with Crippen LogP contribution >= 0.6 is 0 Å². The number of amides is 2. The summed E-state index contributed by atoms with van der Waals surface area (Å²) in [5.41, 5.74) is 1.96. The predicted octanol–water partition coefficient (Wildman–Crippen LogP) is 2.92. The van der Waals surface area contributed by atoms with Gasteiger partial charge in [0.2, 0.25) is 5.91 Å². The van der Waals surface area contributed by atoms with Crippen molar-refractivity contribution in [3.05, 3.63) is 29.8 Å². The molecule has 1 heterocycles. The molecule has 0 bridgehead atoms. The van der Waals surface area contributed by atoms with E-state index in [1.54, 1.807) is 30.4 Å². The van der Waals surface area contributed by atoms with Crippen molar-refractivity contribution in [2.24, 2.45) is 0 Å². The van der Waals surface area contributed by atoms with E-state index in [1.807, 2.05) is 6.92 Å².